The van der Waals surface area contributed by atoms with Gasteiger partial charge in [-0.3, -0.25) is 0 Å². The number of methoxy groups -OCH3 is 1. The number of halogens is 1. The summed E-state index contributed by atoms with van der Waals surface area (Å²) in [6.45, 7) is 0.263. The molecule has 0 radical (unpaired) electrons. The molecule has 104 valence electrons. The summed E-state index contributed by atoms with van der Waals surface area (Å²) in [6.07, 6.45) is 4.89. The van der Waals surface area contributed by atoms with Gasteiger partial charge in [-0.05, 0) is 12.8 Å². The van der Waals surface area contributed by atoms with Crippen molar-refractivity contribution in [3.63, 3.8) is 0 Å². The van der Waals surface area contributed by atoms with Crippen LogP contribution in [0.2, 0.25) is 5.02 Å². The molecule has 0 spiro atoms. The Hall–Kier alpha value is -1.13. The van der Waals surface area contributed by atoms with E-state index in [0.717, 1.165) is 24.3 Å². The fourth-order valence-electron chi connectivity index (χ4n) is 2.77. The summed E-state index contributed by atoms with van der Waals surface area (Å²) in [6, 6.07) is 4.01. The van der Waals surface area contributed by atoms with Crippen LogP contribution in [-0.4, -0.2) is 26.0 Å². The average Bonchev–Trinajstić information content (AvgIpc) is 2.87. The van der Waals surface area contributed by atoms with E-state index in [9.17, 15) is 0 Å². The van der Waals surface area contributed by atoms with Crippen molar-refractivity contribution < 1.29 is 14.2 Å². The van der Waals surface area contributed by atoms with Crippen molar-refractivity contribution in [2.24, 2.45) is 0 Å². The molecule has 2 unspecified atom stereocenters. The van der Waals surface area contributed by atoms with Crippen LogP contribution in [0.25, 0.3) is 0 Å². The third-order valence-corrected chi connectivity index (χ3v) is 4.12. The molecule has 3 rings (SSSR count). The van der Waals surface area contributed by atoms with Gasteiger partial charge in [0, 0.05) is 19.2 Å². The molecular formula is C14H18ClNO3. The lowest BCUT2D eigenvalue weighted by Crippen LogP contribution is -2.37. The van der Waals surface area contributed by atoms with Crippen molar-refractivity contribution in [2.75, 3.05) is 19.2 Å². The molecule has 4 nitrogen and oxygen atoms in total. The van der Waals surface area contributed by atoms with Gasteiger partial charge in [-0.25, -0.2) is 0 Å². The molecule has 2 aliphatic rings. The first kappa shape index (κ1) is 12.9. The van der Waals surface area contributed by atoms with Gasteiger partial charge in [-0.1, -0.05) is 24.4 Å². The van der Waals surface area contributed by atoms with Crippen LogP contribution in [-0.2, 0) is 4.74 Å². The second-order valence-electron chi connectivity index (χ2n) is 4.99. The number of nitrogens with one attached hydrogen (secondary N) is 1. The zero-order chi connectivity index (χ0) is 13.2. The predicted molar refractivity (Wildman–Crippen MR) is 74.3 cm³/mol. The third-order valence-electron chi connectivity index (χ3n) is 3.81. The van der Waals surface area contributed by atoms with Gasteiger partial charge in [0.2, 0.25) is 6.79 Å². The van der Waals surface area contributed by atoms with Crippen molar-refractivity contribution >= 4 is 17.3 Å². The Morgan fingerprint density at radius 2 is 1.95 bits per heavy atom. The van der Waals surface area contributed by atoms with Crippen LogP contribution in [0.4, 0.5) is 5.69 Å². The van der Waals surface area contributed by atoms with Crippen LogP contribution < -0.4 is 14.8 Å². The van der Waals surface area contributed by atoms with Crippen LogP contribution in [0, 0.1) is 0 Å². The highest BCUT2D eigenvalue weighted by molar-refractivity contribution is 6.33. The molecular weight excluding hydrogens is 266 g/mol. The summed E-state index contributed by atoms with van der Waals surface area (Å²) in [5.74, 6) is 1.46. The fourth-order valence-corrected chi connectivity index (χ4v) is 2.98. The molecule has 5 heteroatoms. The molecule has 0 saturated heterocycles. The summed E-state index contributed by atoms with van der Waals surface area (Å²) >= 11 is 6.28. The Balaban J connectivity index is 1.78. The van der Waals surface area contributed by atoms with E-state index in [4.69, 9.17) is 25.8 Å². The van der Waals surface area contributed by atoms with Gasteiger partial charge in [-0.15, -0.1) is 0 Å². The van der Waals surface area contributed by atoms with Gasteiger partial charge in [0.1, 0.15) is 0 Å². The van der Waals surface area contributed by atoms with Crippen molar-refractivity contribution in [3.8, 4) is 11.5 Å². The lowest BCUT2D eigenvalue weighted by molar-refractivity contribution is 0.0606. The van der Waals surface area contributed by atoms with Gasteiger partial charge >= 0.3 is 0 Å². The van der Waals surface area contributed by atoms with E-state index in [1.54, 1.807) is 13.2 Å². The van der Waals surface area contributed by atoms with Gasteiger partial charge < -0.3 is 19.5 Å². The van der Waals surface area contributed by atoms with Gasteiger partial charge in [0.05, 0.1) is 22.9 Å². The molecule has 1 saturated carbocycles. The van der Waals surface area contributed by atoms with Crippen molar-refractivity contribution in [1.82, 2.24) is 0 Å². The van der Waals surface area contributed by atoms with Crippen LogP contribution >= 0.6 is 11.6 Å². The molecule has 1 aliphatic carbocycles. The number of hydrogen-bond donors (Lipinski definition) is 1. The maximum Gasteiger partial charge on any atom is 0.231 e. The SMILES string of the molecule is COC1CCCCC1Nc1cc2c(cc1Cl)OCO2. The molecule has 1 N–H and O–H groups in total. The molecule has 0 aromatic heterocycles. The second kappa shape index (κ2) is 5.47. The smallest absolute Gasteiger partial charge is 0.231 e. The zero-order valence-corrected chi connectivity index (χ0v) is 11.7. The maximum atomic E-state index is 6.28. The third kappa shape index (κ3) is 2.60. The highest BCUT2D eigenvalue weighted by Gasteiger charge is 2.26. The fraction of sp³-hybridized carbons (Fsp3) is 0.571. The minimum atomic E-state index is 0.246. The number of hydrogen-bond acceptors (Lipinski definition) is 4. The minimum Gasteiger partial charge on any atom is -0.454 e. The normalized spacial score (nSPS) is 25.4. The van der Waals surface area contributed by atoms with Crippen LogP contribution in [0.1, 0.15) is 25.7 Å². The van der Waals surface area contributed by atoms with Crippen LogP contribution in [0.5, 0.6) is 11.5 Å². The van der Waals surface area contributed by atoms with E-state index < -0.39 is 0 Å². The van der Waals surface area contributed by atoms with Crippen molar-refractivity contribution in [2.45, 2.75) is 37.8 Å². The Morgan fingerprint density at radius 3 is 2.74 bits per heavy atom. The molecule has 19 heavy (non-hydrogen) atoms. The molecule has 0 bridgehead atoms. The molecule has 0 amide bonds. The largest absolute Gasteiger partial charge is 0.454 e. The Bertz CT molecular complexity index is 466. The van der Waals surface area contributed by atoms with Gasteiger partial charge in [0.25, 0.3) is 0 Å². The topological polar surface area (TPSA) is 39.7 Å². The maximum absolute atomic E-state index is 6.28. The van der Waals surface area contributed by atoms with Crippen LogP contribution in [0.3, 0.4) is 0 Å². The monoisotopic (exact) mass is 283 g/mol. The Labute approximate surface area is 118 Å². The summed E-state index contributed by atoms with van der Waals surface area (Å²) in [5.41, 5.74) is 0.889. The van der Waals surface area contributed by atoms with E-state index in [-0.39, 0.29) is 12.9 Å². The van der Waals surface area contributed by atoms with Crippen LogP contribution in [0.15, 0.2) is 12.1 Å². The number of anilines is 1. The predicted octanol–water partition coefficient (Wildman–Crippen LogP) is 3.44. The molecule has 1 aromatic rings. The second-order valence-corrected chi connectivity index (χ2v) is 5.40. The first-order chi connectivity index (χ1) is 9.28. The first-order valence-corrected chi connectivity index (χ1v) is 7.04. The van der Waals surface area contributed by atoms with E-state index in [2.05, 4.69) is 5.32 Å². The molecule has 2 atom stereocenters. The number of ether oxygens (including phenoxy) is 3. The van der Waals surface area contributed by atoms with Gasteiger partial charge in [0.15, 0.2) is 11.5 Å². The Kier molecular flexibility index (Phi) is 3.71. The lowest BCUT2D eigenvalue weighted by atomic mass is 9.92. The molecule has 1 fully saturated rings. The quantitative estimate of drug-likeness (QED) is 0.922. The minimum absolute atomic E-state index is 0.246. The van der Waals surface area contributed by atoms with Gasteiger partial charge in [-0.2, -0.15) is 0 Å². The zero-order valence-electron chi connectivity index (χ0n) is 10.9. The van der Waals surface area contributed by atoms with E-state index in [1.807, 2.05) is 6.07 Å². The van der Waals surface area contributed by atoms with E-state index >= 15 is 0 Å². The molecule has 1 aliphatic heterocycles. The van der Waals surface area contributed by atoms with Crippen molar-refractivity contribution in [1.29, 1.82) is 0 Å². The Morgan fingerprint density at radius 1 is 1.21 bits per heavy atom. The van der Waals surface area contributed by atoms with E-state index in [1.165, 1.54) is 12.8 Å². The lowest BCUT2D eigenvalue weighted by Gasteiger charge is -2.32. The highest BCUT2D eigenvalue weighted by Crippen LogP contribution is 2.40. The van der Waals surface area contributed by atoms with Crippen molar-refractivity contribution in [3.05, 3.63) is 17.2 Å². The van der Waals surface area contributed by atoms with E-state index in [0.29, 0.717) is 16.8 Å². The highest BCUT2D eigenvalue weighted by atomic mass is 35.5. The summed E-state index contributed by atoms with van der Waals surface area (Å²) < 4.78 is 16.2. The standard InChI is InChI=1S/C14H18ClNO3/c1-17-12-5-3-2-4-10(12)16-11-7-14-13(6-9(11)15)18-8-19-14/h6-7,10,12,16H,2-5,8H2,1H3. The summed E-state index contributed by atoms with van der Waals surface area (Å²) in [7, 11) is 1.77. The number of benzene rings is 1. The first-order valence-electron chi connectivity index (χ1n) is 6.66. The summed E-state index contributed by atoms with van der Waals surface area (Å²) in [5, 5.41) is 4.14. The molecule has 1 aromatic carbocycles. The number of rotatable bonds is 3. The number of fused-ring (bicyclic) bond motifs is 1. The summed E-state index contributed by atoms with van der Waals surface area (Å²) in [4.78, 5) is 0. The molecule has 1 heterocycles. The average molecular weight is 284 g/mol.